The first-order valence-corrected chi connectivity index (χ1v) is 7.77. The number of rotatable bonds is 6. The van der Waals surface area contributed by atoms with Crippen LogP contribution in [-0.2, 0) is 21.0 Å². The van der Waals surface area contributed by atoms with Crippen molar-refractivity contribution in [1.29, 1.82) is 0 Å². The van der Waals surface area contributed by atoms with Gasteiger partial charge in [-0.1, -0.05) is 48.5 Å². The Kier molecular flexibility index (Phi) is 6.46. The Morgan fingerprint density at radius 3 is 2.32 bits per heavy atom. The Balaban J connectivity index is 2.31. The summed E-state index contributed by atoms with van der Waals surface area (Å²) in [5.41, 5.74) is 1.98. The molecule has 0 aliphatic carbocycles. The lowest BCUT2D eigenvalue weighted by atomic mass is 10.1. The fraction of sp³-hybridized carbons (Fsp3) is 0.200. The van der Waals surface area contributed by atoms with Crippen LogP contribution in [0.25, 0.3) is 6.08 Å². The lowest BCUT2D eigenvalue weighted by Crippen LogP contribution is -2.10. The summed E-state index contributed by atoms with van der Waals surface area (Å²) in [6.45, 7) is 2.10. The standard InChI is InChI=1S/C20H19FO4/c1-14(22)24-19-6-4-3-5-18(19)20(25-15(2)23)12-11-16-7-9-17(13-21)10-8-16/h3-12,20H,13H2,1-2H3/b12-11+. The Bertz CT molecular complexity index is 766. The topological polar surface area (TPSA) is 52.6 Å². The summed E-state index contributed by atoms with van der Waals surface area (Å²) < 4.78 is 23.1. The third kappa shape index (κ3) is 5.57. The summed E-state index contributed by atoms with van der Waals surface area (Å²) >= 11 is 0. The minimum atomic E-state index is -0.714. The fourth-order valence-corrected chi connectivity index (χ4v) is 2.26. The van der Waals surface area contributed by atoms with Crippen molar-refractivity contribution < 1.29 is 23.5 Å². The molecule has 4 nitrogen and oxygen atoms in total. The third-order valence-electron chi connectivity index (χ3n) is 3.37. The molecule has 0 saturated heterocycles. The highest BCUT2D eigenvalue weighted by molar-refractivity contribution is 5.70. The van der Waals surface area contributed by atoms with E-state index >= 15 is 0 Å². The van der Waals surface area contributed by atoms with Crippen LogP contribution in [0.1, 0.15) is 36.6 Å². The van der Waals surface area contributed by atoms with Crippen LogP contribution in [0.5, 0.6) is 5.75 Å². The normalized spacial score (nSPS) is 12.0. The number of alkyl halides is 1. The second kappa shape index (κ2) is 8.78. The van der Waals surface area contributed by atoms with E-state index in [4.69, 9.17) is 9.47 Å². The molecule has 0 aromatic heterocycles. The maximum atomic E-state index is 12.6. The number of halogens is 1. The molecule has 5 heteroatoms. The molecule has 25 heavy (non-hydrogen) atoms. The van der Waals surface area contributed by atoms with Gasteiger partial charge in [-0.05, 0) is 23.3 Å². The monoisotopic (exact) mass is 342 g/mol. The van der Waals surface area contributed by atoms with Gasteiger partial charge in [-0.25, -0.2) is 4.39 Å². The van der Waals surface area contributed by atoms with E-state index in [1.54, 1.807) is 60.7 Å². The van der Waals surface area contributed by atoms with Gasteiger partial charge in [0, 0.05) is 19.4 Å². The molecule has 0 N–H and O–H groups in total. The number of hydrogen-bond donors (Lipinski definition) is 0. The molecular formula is C20H19FO4. The number of benzene rings is 2. The van der Waals surface area contributed by atoms with Crippen LogP contribution < -0.4 is 4.74 Å². The summed E-state index contributed by atoms with van der Waals surface area (Å²) in [4.78, 5) is 22.7. The minimum Gasteiger partial charge on any atom is -0.453 e. The molecule has 0 aliphatic rings. The van der Waals surface area contributed by atoms with Crippen molar-refractivity contribution in [2.75, 3.05) is 0 Å². The average Bonchev–Trinajstić information content (AvgIpc) is 2.59. The highest BCUT2D eigenvalue weighted by atomic mass is 19.1. The lowest BCUT2D eigenvalue weighted by Gasteiger charge is -2.16. The zero-order valence-electron chi connectivity index (χ0n) is 14.1. The third-order valence-corrected chi connectivity index (χ3v) is 3.37. The largest absolute Gasteiger partial charge is 0.453 e. The lowest BCUT2D eigenvalue weighted by molar-refractivity contribution is -0.144. The summed E-state index contributed by atoms with van der Waals surface area (Å²) in [6, 6.07) is 13.8. The summed E-state index contributed by atoms with van der Waals surface area (Å²) in [7, 11) is 0. The molecule has 0 heterocycles. The van der Waals surface area contributed by atoms with Crippen molar-refractivity contribution in [2.45, 2.75) is 26.6 Å². The van der Waals surface area contributed by atoms with E-state index < -0.39 is 24.7 Å². The molecule has 0 radical (unpaired) electrons. The Morgan fingerprint density at radius 2 is 1.72 bits per heavy atom. The van der Waals surface area contributed by atoms with E-state index in [1.165, 1.54) is 13.8 Å². The Morgan fingerprint density at radius 1 is 1.04 bits per heavy atom. The number of esters is 2. The van der Waals surface area contributed by atoms with Crippen LogP contribution in [0, 0.1) is 0 Å². The van der Waals surface area contributed by atoms with Crippen molar-refractivity contribution in [3.8, 4) is 5.75 Å². The van der Waals surface area contributed by atoms with Gasteiger partial charge < -0.3 is 9.47 Å². The first-order chi connectivity index (χ1) is 12.0. The first-order valence-electron chi connectivity index (χ1n) is 7.77. The second-order valence-corrected chi connectivity index (χ2v) is 5.40. The Hall–Kier alpha value is -2.95. The molecule has 2 aromatic carbocycles. The van der Waals surface area contributed by atoms with Crippen molar-refractivity contribution in [2.24, 2.45) is 0 Å². The molecule has 2 rings (SSSR count). The maximum Gasteiger partial charge on any atom is 0.308 e. The minimum absolute atomic E-state index is 0.332. The highest BCUT2D eigenvalue weighted by Crippen LogP contribution is 2.29. The van der Waals surface area contributed by atoms with Gasteiger partial charge in [0.2, 0.25) is 0 Å². The maximum absolute atomic E-state index is 12.6. The van der Waals surface area contributed by atoms with Crippen LogP contribution >= 0.6 is 0 Å². The summed E-state index contributed by atoms with van der Waals surface area (Å²) in [5.74, 6) is -0.585. The molecule has 0 aliphatic heterocycles. The Labute approximate surface area is 145 Å². The van der Waals surface area contributed by atoms with Gasteiger partial charge >= 0.3 is 11.9 Å². The smallest absolute Gasteiger partial charge is 0.308 e. The van der Waals surface area contributed by atoms with Gasteiger partial charge in [0.1, 0.15) is 18.5 Å². The zero-order valence-corrected chi connectivity index (χ0v) is 14.1. The van der Waals surface area contributed by atoms with E-state index in [2.05, 4.69) is 0 Å². The molecule has 0 saturated carbocycles. The molecule has 0 bridgehead atoms. The van der Waals surface area contributed by atoms with E-state index in [0.29, 0.717) is 16.9 Å². The molecule has 0 fully saturated rings. The summed E-state index contributed by atoms with van der Waals surface area (Å²) in [5, 5.41) is 0. The van der Waals surface area contributed by atoms with Crippen molar-refractivity contribution in [1.82, 2.24) is 0 Å². The summed E-state index contributed by atoms with van der Waals surface area (Å²) in [6.07, 6.45) is 2.74. The first kappa shape index (κ1) is 18.4. The molecular weight excluding hydrogens is 323 g/mol. The number of ether oxygens (including phenoxy) is 2. The van der Waals surface area contributed by atoms with Crippen LogP contribution in [0.2, 0.25) is 0 Å². The van der Waals surface area contributed by atoms with Crippen molar-refractivity contribution >= 4 is 18.0 Å². The number of carbonyl (C=O) groups is 2. The van der Waals surface area contributed by atoms with Gasteiger partial charge in [0.15, 0.2) is 0 Å². The van der Waals surface area contributed by atoms with E-state index in [1.807, 2.05) is 0 Å². The van der Waals surface area contributed by atoms with Crippen LogP contribution in [0.15, 0.2) is 54.6 Å². The van der Waals surface area contributed by atoms with Crippen LogP contribution in [-0.4, -0.2) is 11.9 Å². The van der Waals surface area contributed by atoms with Crippen LogP contribution in [0.4, 0.5) is 4.39 Å². The predicted octanol–water partition coefficient (Wildman–Crippen LogP) is 4.40. The number of para-hydroxylation sites is 1. The molecule has 0 amide bonds. The quantitative estimate of drug-likeness (QED) is 0.577. The van der Waals surface area contributed by atoms with Gasteiger partial charge in [-0.2, -0.15) is 0 Å². The van der Waals surface area contributed by atoms with E-state index in [-0.39, 0.29) is 0 Å². The van der Waals surface area contributed by atoms with Crippen molar-refractivity contribution in [3.63, 3.8) is 0 Å². The highest BCUT2D eigenvalue weighted by Gasteiger charge is 2.17. The second-order valence-electron chi connectivity index (χ2n) is 5.40. The van der Waals surface area contributed by atoms with Gasteiger partial charge in [-0.3, -0.25) is 9.59 Å². The van der Waals surface area contributed by atoms with Crippen molar-refractivity contribution in [3.05, 3.63) is 71.3 Å². The molecule has 2 aromatic rings. The zero-order chi connectivity index (χ0) is 18.2. The van der Waals surface area contributed by atoms with E-state index in [0.717, 1.165) is 5.56 Å². The predicted molar refractivity (Wildman–Crippen MR) is 92.5 cm³/mol. The van der Waals surface area contributed by atoms with Gasteiger partial charge in [0.25, 0.3) is 0 Å². The molecule has 130 valence electrons. The van der Waals surface area contributed by atoms with E-state index in [9.17, 15) is 14.0 Å². The van der Waals surface area contributed by atoms with Gasteiger partial charge in [0.05, 0.1) is 0 Å². The van der Waals surface area contributed by atoms with Gasteiger partial charge in [-0.15, -0.1) is 0 Å². The fourth-order valence-electron chi connectivity index (χ4n) is 2.26. The number of carbonyl (C=O) groups excluding carboxylic acids is 2. The molecule has 1 unspecified atom stereocenters. The van der Waals surface area contributed by atoms with Crippen LogP contribution in [0.3, 0.4) is 0 Å². The molecule has 1 atom stereocenters. The number of hydrogen-bond acceptors (Lipinski definition) is 4. The molecule has 0 spiro atoms. The SMILES string of the molecule is CC(=O)Oc1ccccc1C(/C=C/c1ccc(CF)cc1)OC(C)=O. The average molecular weight is 342 g/mol.